The minimum absolute atomic E-state index is 0.283. The van der Waals surface area contributed by atoms with E-state index in [1.807, 2.05) is 23.9 Å². The third-order valence-electron chi connectivity index (χ3n) is 3.18. The fraction of sp³-hybridized carbons (Fsp3) is 0.500. The van der Waals surface area contributed by atoms with E-state index in [0.717, 1.165) is 17.2 Å². The highest BCUT2D eigenvalue weighted by molar-refractivity contribution is 8.00. The summed E-state index contributed by atoms with van der Waals surface area (Å²) in [5.74, 6) is 2.71. The molecule has 0 saturated carbocycles. The van der Waals surface area contributed by atoms with Gasteiger partial charge in [0.2, 0.25) is 6.79 Å². The van der Waals surface area contributed by atoms with E-state index in [1.165, 1.54) is 12.2 Å². The number of fused-ring (bicyclic) bond motifs is 1. The number of thioether (sulfide) groups is 1. The van der Waals surface area contributed by atoms with E-state index in [0.29, 0.717) is 16.3 Å². The average molecular weight is 272 g/mol. The highest BCUT2D eigenvalue weighted by atomic mass is 35.5. The number of rotatable bonds is 2. The summed E-state index contributed by atoms with van der Waals surface area (Å²) in [6.07, 6.45) is 1.18. The van der Waals surface area contributed by atoms with Crippen molar-refractivity contribution in [3.63, 3.8) is 0 Å². The van der Waals surface area contributed by atoms with Crippen molar-refractivity contribution < 1.29 is 9.47 Å². The minimum Gasteiger partial charge on any atom is -0.454 e. The molecule has 3 nitrogen and oxygen atoms in total. The second-order valence-corrected chi connectivity index (χ2v) is 6.19. The maximum Gasteiger partial charge on any atom is 0.231 e. The zero-order valence-corrected chi connectivity index (χ0v) is 11.1. The van der Waals surface area contributed by atoms with Crippen molar-refractivity contribution in [2.45, 2.75) is 24.6 Å². The van der Waals surface area contributed by atoms with E-state index >= 15 is 0 Å². The number of ether oxygens (including phenoxy) is 2. The van der Waals surface area contributed by atoms with E-state index in [1.54, 1.807) is 0 Å². The first-order chi connectivity index (χ1) is 8.24. The largest absolute Gasteiger partial charge is 0.454 e. The lowest BCUT2D eigenvalue weighted by Gasteiger charge is -2.19. The Morgan fingerprint density at radius 1 is 1.35 bits per heavy atom. The van der Waals surface area contributed by atoms with Gasteiger partial charge in [0.05, 0.1) is 10.7 Å². The molecule has 0 aliphatic carbocycles. The molecule has 1 aromatic carbocycles. The number of hydrogen-bond acceptors (Lipinski definition) is 4. The van der Waals surface area contributed by atoms with Gasteiger partial charge in [-0.15, -0.1) is 0 Å². The van der Waals surface area contributed by atoms with Gasteiger partial charge in [0.1, 0.15) is 0 Å². The van der Waals surface area contributed by atoms with Crippen molar-refractivity contribution in [2.24, 2.45) is 0 Å². The van der Waals surface area contributed by atoms with Crippen LogP contribution in [0.5, 0.6) is 11.5 Å². The van der Waals surface area contributed by atoms with E-state index < -0.39 is 0 Å². The third kappa shape index (κ3) is 2.16. The number of benzene rings is 1. The molecular formula is C12H14ClNO2S. The molecule has 2 aliphatic rings. The Morgan fingerprint density at radius 2 is 2.12 bits per heavy atom. The second kappa shape index (κ2) is 4.50. The first kappa shape index (κ1) is 11.4. The Morgan fingerprint density at radius 3 is 2.82 bits per heavy atom. The molecule has 0 spiro atoms. The Balaban J connectivity index is 1.83. The molecule has 2 unspecified atom stereocenters. The van der Waals surface area contributed by atoms with Gasteiger partial charge in [-0.05, 0) is 12.2 Å². The zero-order chi connectivity index (χ0) is 11.8. The summed E-state index contributed by atoms with van der Waals surface area (Å²) in [6, 6.07) is 4.23. The van der Waals surface area contributed by atoms with Crippen LogP contribution in [-0.2, 0) is 0 Å². The van der Waals surface area contributed by atoms with Gasteiger partial charge in [0.25, 0.3) is 0 Å². The lowest BCUT2D eigenvalue weighted by molar-refractivity contribution is 0.174. The topological polar surface area (TPSA) is 30.5 Å². The van der Waals surface area contributed by atoms with Crippen LogP contribution in [0.3, 0.4) is 0 Å². The number of hydrogen-bond donors (Lipinski definition) is 1. The summed E-state index contributed by atoms with van der Waals surface area (Å²) in [7, 11) is 0. The summed E-state index contributed by atoms with van der Waals surface area (Å²) < 4.78 is 10.6. The van der Waals surface area contributed by atoms with Crippen LogP contribution in [0.25, 0.3) is 0 Å². The predicted molar refractivity (Wildman–Crippen MR) is 71.5 cm³/mol. The molecule has 0 bridgehead atoms. The van der Waals surface area contributed by atoms with Crippen molar-refractivity contribution in [1.82, 2.24) is 0 Å². The Bertz CT molecular complexity index is 441. The van der Waals surface area contributed by atoms with E-state index in [2.05, 4.69) is 12.2 Å². The zero-order valence-electron chi connectivity index (χ0n) is 9.53. The van der Waals surface area contributed by atoms with Crippen LogP contribution in [-0.4, -0.2) is 23.8 Å². The normalized spacial score (nSPS) is 26.2. The van der Waals surface area contributed by atoms with Crippen LogP contribution in [0.1, 0.15) is 13.3 Å². The van der Waals surface area contributed by atoms with E-state index in [-0.39, 0.29) is 6.79 Å². The molecule has 17 heavy (non-hydrogen) atoms. The van der Waals surface area contributed by atoms with Gasteiger partial charge < -0.3 is 14.8 Å². The lowest BCUT2D eigenvalue weighted by atomic mass is 10.1. The quantitative estimate of drug-likeness (QED) is 0.893. The van der Waals surface area contributed by atoms with E-state index in [4.69, 9.17) is 21.1 Å². The monoisotopic (exact) mass is 271 g/mol. The number of anilines is 1. The fourth-order valence-corrected chi connectivity index (χ4v) is 3.56. The standard InChI is InChI=1S/C12H14ClNO2S/c1-7-9(2-3-17-7)14-10-5-12-11(4-8(10)13)15-6-16-12/h4-5,7,9,14H,2-3,6H2,1H3. The third-order valence-corrected chi connectivity index (χ3v) is 4.82. The van der Waals surface area contributed by atoms with Crippen LogP contribution in [0.15, 0.2) is 12.1 Å². The van der Waals surface area contributed by atoms with E-state index in [9.17, 15) is 0 Å². The fourth-order valence-electron chi connectivity index (χ4n) is 2.15. The van der Waals surface area contributed by atoms with Crippen LogP contribution in [0, 0.1) is 0 Å². The molecule has 1 aromatic rings. The summed E-state index contributed by atoms with van der Waals surface area (Å²) in [5, 5.41) is 4.81. The van der Waals surface area contributed by atoms with Crippen LogP contribution in [0.2, 0.25) is 5.02 Å². The van der Waals surface area contributed by atoms with Crippen molar-refractivity contribution in [3.8, 4) is 11.5 Å². The minimum atomic E-state index is 0.283. The highest BCUT2D eigenvalue weighted by Gasteiger charge is 2.25. The predicted octanol–water partition coefficient (Wildman–Crippen LogP) is 3.37. The molecule has 92 valence electrons. The summed E-state index contributed by atoms with van der Waals surface area (Å²) in [5.41, 5.74) is 0.940. The van der Waals surface area contributed by atoms with Gasteiger partial charge in [0, 0.05) is 23.4 Å². The Labute approximate surface area is 110 Å². The molecule has 1 fully saturated rings. The molecule has 0 aromatic heterocycles. The molecule has 1 N–H and O–H groups in total. The molecule has 1 saturated heterocycles. The van der Waals surface area contributed by atoms with Crippen LogP contribution in [0.4, 0.5) is 5.69 Å². The first-order valence-electron chi connectivity index (χ1n) is 5.71. The Hall–Kier alpha value is -0.740. The van der Waals surface area contributed by atoms with Gasteiger partial charge in [0.15, 0.2) is 11.5 Å². The smallest absolute Gasteiger partial charge is 0.231 e. The maximum atomic E-state index is 6.23. The average Bonchev–Trinajstić information content (AvgIpc) is 2.89. The van der Waals surface area contributed by atoms with Crippen LogP contribution >= 0.6 is 23.4 Å². The Kier molecular flexibility index (Phi) is 3.01. The second-order valence-electron chi connectivity index (χ2n) is 4.30. The molecule has 2 heterocycles. The maximum absolute atomic E-state index is 6.23. The van der Waals surface area contributed by atoms with Crippen LogP contribution < -0.4 is 14.8 Å². The van der Waals surface area contributed by atoms with Crippen molar-refractivity contribution >= 4 is 29.1 Å². The van der Waals surface area contributed by atoms with Crippen molar-refractivity contribution in [3.05, 3.63) is 17.2 Å². The van der Waals surface area contributed by atoms with Crippen molar-refractivity contribution in [2.75, 3.05) is 17.9 Å². The SMILES string of the molecule is CC1SCCC1Nc1cc2c(cc1Cl)OCO2. The van der Waals surface area contributed by atoms with Crippen molar-refractivity contribution in [1.29, 1.82) is 0 Å². The summed E-state index contributed by atoms with van der Waals surface area (Å²) >= 11 is 8.22. The lowest BCUT2D eigenvalue weighted by Crippen LogP contribution is -2.24. The van der Waals surface area contributed by atoms with Gasteiger partial charge in [-0.1, -0.05) is 18.5 Å². The summed E-state index contributed by atoms with van der Waals surface area (Å²) in [6.45, 7) is 2.53. The molecule has 0 amide bonds. The van der Waals surface area contributed by atoms with Gasteiger partial charge in [-0.3, -0.25) is 0 Å². The number of nitrogens with one attached hydrogen (secondary N) is 1. The molecular weight excluding hydrogens is 258 g/mol. The highest BCUT2D eigenvalue weighted by Crippen LogP contribution is 2.40. The van der Waals surface area contributed by atoms with Gasteiger partial charge >= 0.3 is 0 Å². The first-order valence-corrected chi connectivity index (χ1v) is 7.14. The van der Waals surface area contributed by atoms with Gasteiger partial charge in [-0.2, -0.15) is 11.8 Å². The van der Waals surface area contributed by atoms with Gasteiger partial charge in [-0.25, -0.2) is 0 Å². The summed E-state index contributed by atoms with van der Waals surface area (Å²) in [4.78, 5) is 0. The molecule has 2 atom stereocenters. The molecule has 2 aliphatic heterocycles. The molecule has 5 heteroatoms. The number of halogens is 1. The molecule has 3 rings (SSSR count). The molecule has 0 radical (unpaired) electrons.